The number of nitrogens with one attached hydrogen (secondary N) is 1. The van der Waals surface area contributed by atoms with Crippen LogP contribution in [0.2, 0.25) is 0 Å². The molecule has 3 rings (SSSR count). The lowest BCUT2D eigenvalue weighted by atomic mass is 10.0. The summed E-state index contributed by atoms with van der Waals surface area (Å²) in [6, 6.07) is 4.94. The van der Waals surface area contributed by atoms with Crippen LogP contribution in [0.5, 0.6) is 0 Å². The van der Waals surface area contributed by atoms with E-state index in [0.717, 1.165) is 0 Å². The Morgan fingerprint density at radius 1 is 1.12 bits per heavy atom. The highest BCUT2D eigenvalue weighted by atomic mass is 32.2. The second kappa shape index (κ2) is 6.06. The molecular weight excluding hydrogens is 358 g/mol. The van der Waals surface area contributed by atoms with Gasteiger partial charge in [-0.2, -0.15) is 13.4 Å². The maximum Gasteiger partial charge on any atom is 0.299 e. The Balaban J connectivity index is 2.13. The van der Waals surface area contributed by atoms with Crippen LogP contribution in [-0.4, -0.2) is 34.0 Å². The maximum absolute atomic E-state index is 12.7. The quantitative estimate of drug-likeness (QED) is 0.705. The van der Waals surface area contributed by atoms with Gasteiger partial charge in [-0.25, -0.2) is 9.50 Å². The van der Waals surface area contributed by atoms with Crippen LogP contribution in [0.25, 0.3) is 5.78 Å². The molecule has 1 N–H and O–H groups in total. The van der Waals surface area contributed by atoms with Gasteiger partial charge in [0.15, 0.2) is 0 Å². The fourth-order valence-electron chi connectivity index (χ4n) is 2.65. The molecule has 0 saturated carbocycles. The minimum atomic E-state index is -4.22. The van der Waals surface area contributed by atoms with Crippen LogP contribution in [-0.2, 0) is 10.0 Å². The molecule has 136 valence electrons. The molecule has 0 aliphatic rings. The van der Waals surface area contributed by atoms with E-state index in [-0.39, 0.29) is 17.0 Å². The summed E-state index contributed by atoms with van der Waals surface area (Å²) in [6.45, 7) is 6.66. The van der Waals surface area contributed by atoms with Crippen molar-refractivity contribution >= 4 is 27.5 Å². The Bertz CT molecular complexity index is 1150. The Labute approximate surface area is 149 Å². The number of fused-ring (bicyclic) bond motifs is 1. The second-order valence-electron chi connectivity index (χ2n) is 5.99. The van der Waals surface area contributed by atoms with Crippen LogP contribution >= 0.6 is 0 Å². The monoisotopic (exact) mass is 374 g/mol. The molecular formula is C16H16N5O4S-. The summed E-state index contributed by atoms with van der Waals surface area (Å²) < 4.78 is 29.0. The number of anilines is 1. The van der Waals surface area contributed by atoms with E-state index in [1.165, 1.54) is 4.52 Å². The summed E-state index contributed by atoms with van der Waals surface area (Å²) in [4.78, 5) is 19.6. The average molecular weight is 374 g/mol. The molecule has 0 atom stereocenters. The van der Waals surface area contributed by atoms with Crippen LogP contribution < -0.4 is 9.83 Å². The number of nitrogens with zero attached hydrogens (tertiary/aromatic N) is 4. The molecule has 0 aliphatic heterocycles. The molecule has 26 heavy (non-hydrogen) atoms. The average Bonchev–Trinajstić information content (AvgIpc) is 2.95. The van der Waals surface area contributed by atoms with Crippen LogP contribution in [0, 0.1) is 27.7 Å². The number of carbonyl (C=O) groups excluding carboxylic acids is 1. The van der Waals surface area contributed by atoms with E-state index in [1.807, 2.05) is 0 Å². The first-order valence-electron chi connectivity index (χ1n) is 7.65. The van der Waals surface area contributed by atoms with E-state index in [2.05, 4.69) is 19.8 Å². The van der Waals surface area contributed by atoms with Gasteiger partial charge in [-0.3, -0.25) is 4.72 Å². The van der Waals surface area contributed by atoms with E-state index in [1.54, 1.807) is 45.9 Å². The first kappa shape index (κ1) is 17.8. The number of hydrogen-bond donors (Lipinski definition) is 1. The van der Waals surface area contributed by atoms with Crippen molar-refractivity contribution < 1.29 is 18.3 Å². The van der Waals surface area contributed by atoms with Gasteiger partial charge in [0.2, 0.25) is 0 Å². The molecule has 0 radical (unpaired) electrons. The summed E-state index contributed by atoms with van der Waals surface area (Å²) in [5.74, 6) is -1.33. The van der Waals surface area contributed by atoms with Gasteiger partial charge < -0.3 is 9.90 Å². The van der Waals surface area contributed by atoms with Gasteiger partial charge in [0.1, 0.15) is 0 Å². The third-order valence-corrected chi connectivity index (χ3v) is 5.03. The Hall–Kier alpha value is -3.01. The lowest BCUT2D eigenvalue weighted by Crippen LogP contribution is -2.26. The predicted octanol–water partition coefficient (Wildman–Crippen LogP) is 0.522. The zero-order chi connectivity index (χ0) is 19.2. The first-order chi connectivity index (χ1) is 12.1. The lowest BCUT2D eigenvalue weighted by molar-refractivity contribution is -0.255. The van der Waals surface area contributed by atoms with E-state index in [0.29, 0.717) is 22.5 Å². The highest BCUT2D eigenvalue weighted by Gasteiger charge is 2.24. The van der Waals surface area contributed by atoms with Crippen molar-refractivity contribution in [2.24, 2.45) is 0 Å². The number of rotatable bonds is 4. The third-order valence-electron chi connectivity index (χ3n) is 3.90. The zero-order valence-electron chi connectivity index (χ0n) is 14.6. The van der Waals surface area contributed by atoms with Gasteiger partial charge in [-0.05, 0) is 44.9 Å². The standard InChI is InChI=1S/C16H17N5O4S/c1-8-5-6-9(2)13(12(8)14(22)23)20-26(24,25)16-18-15-17-10(3)7-11(4)21(15)19-16/h5-7,20H,1-4H3,(H,22,23)/p-1. The maximum atomic E-state index is 12.7. The minimum Gasteiger partial charge on any atom is -0.545 e. The molecule has 10 heteroatoms. The van der Waals surface area contributed by atoms with Crippen molar-refractivity contribution in [2.45, 2.75) is 32.9 Å². The number of aromatic carboxylic acids is 1. The predicted molar refractivity (Wildman–Crippen MR) is 91.3 cm³/mol. The molecule has 2 aromatic heterocycles. The normalized spacial score (nSPS) is 11.7. The van der Waals surface area contributed by atoms with E-state index >= 15 is 0 Å². The molecule has 9 nitrogen and oxygen atoms in total. The summed E-state index contributed by atoms with van der Waals surface area (Å²) >= 11 is 0. The summed E-state index contributed by atoms with van der Waals surface area (Å²) in [6.07, 6.45) is 0. The number of sulfonamides is 1. The largest absolute Gasteiger partial charge is 0.545 e. The molecule has 0 saturated heterocycles. The van der Waals surface area contributed by atoms with Crippen molar-refractivity contribution in [3.8, 4) is 0 Å². The van der Waals surface area contributed by atoms with Gasteiger partial charge in [-0.15, -0.1) is 5.10 Å². The number of aromatic nitrogens is 4. The number of benzene rings is 1. The van der Waals surface area contributed by atoms with Crippen LogP contribution in [0.15, 0.2) is 23.4 Å². The molecule has 2 heterocycles. The third kappa shape index (κ3) is 2.99. The molecule has 0 amide bonds. The highest BCUT2D eigenvalue weighted by molar-refractivity contribution is 7.92. The Kier molecular flexibility index (Phi) is 4.15. The highest BCUT2D eigenvalue weighted by Crippen LogP contribution is 2.26. The molecule has 1 aromatic carbocycles. The minimum absolute atomic E-state index is 0.0651. The van der Waals surface area contributed by atoms with Crippen LogP contribution in [0.4, 0.5) is 5.69 Å². The summed E-state index contributed by atoms with van der Waals surface area (Å²) in [5, 5.41) is 14.9. The number of carbonyl (C=O) groups is 1. The molecule has 0 unspecified atom stereocenters. The second-order valence-corrected chi connectivity index (χ2v) is 7.56. The first-order valence-corrected chi connectivity index (χ1v) is 9.14. The van der Waals surface area contributed by atoms with Crippen molar-refractivity contribution in [1.82, 2.24) is 19.6 Å². The lowest BCUT2D eigenvalue weighted by Gasteiger charge is -2.17. The van der Waals surface area contributed by atoms with Gasteiger partial charge in [0.05, 0.1) is 11.7 Å². The van der Waals surface area contributed by atoms with Crippen LogP contribution in [0.3, 0.4) is 0 Å². The number of aryl methyl sites for hydroxylation is 4. The van der Waals surface area contributed by atoms with E-state index in [4.69, 9.17) is 0 Å². The smallest absolute Gasteiger partial charge is 0.299 e. The summed E-state index contributed by atoms with van der Waals surface area (Å²) in [5.41, 5.74) is 1.88. The molecule has 0 spiro atoms. The zero-order valence-corrected chi connectivity index (χ0v) is 15.4. The van der Waals surface area contributed by atoms with Crippen molar-refractivity contribution in [3.63, 3.8) is 0 Å². The fourth-order valence-corrected chi connectivity index (χ4v) is 3.66. The van der Waals surface area contributed by atoms with Crippen molar-refractivity contribution in [2.75, 3.05) is 4.72 Å². The fraction of sp³-hybridized carbons (Fsp3) is 0.250. The molecule has 0 fully saturated rings. The Morgan fingerprint density at radius 2 is 1.77 bits per heavy atom. The number of hydrogen-bond acceptors (Lipinski definition) is 7. The molecule has 3 aromatic rings. The van der Waals surface area contributed by atoms with Crippen molar-refractivity contribution in [3.05, 3.63) is 46.3 Å². The van der Waals surface area contributed by atoms with E-state index in [9.17, 15) is 18.3 Å². The van der Waals surface area contributed by atoms with Crippen LogP contribution in [0.1, 0.15) is 32.9 Å². The Morgan fingerprint density at radius 3 is 2.42 bits per heavy atom. The molecule has 0 aliphatic carbocycles. The topological polar surface area (TPSA) is 129 Å². The molecule has 0 bridgehead atoms. The van der Waals surface area contributed by atoms with Gasteiger partial charge in [-0.1, -0.05) is 12.1 Å². The number of carboxylic acids is 1. The summed E-state index contributed by atoms with van der Waals surface area (Å²) in [7, 11) is -4.22. The van der Waals surface area contributed by atoms with Gasteiger partial charge >= 0.3 is 0 Å². The van der Waals surface area contributed by atoms with Crippen molar-refractivity contribution in [1.29, 1.82) is 0 Å². The van der Waals surface area contributed by atoms with Gasteiger partial charge in [0.25, 0.3) is 21.0 Å². The van der Waals surface area contributed by atoms with Gasteiger partial charge in [0, 0.05) is 17.0 Å². The SMILES string of the molecule is Cc1cc(C)n2nc(S(=O)(=O)Nc3c(C)ccc(C)c3C(=O)[O-])nc2n1. The number of carboxylic acid groups (broad SMARTS) is 1. The van der Waals surface area contributed by atoms with E-state index < -0.39 is 21.1 Å².